The van der Waals surface area contributed by atoms with Gasteiger partial charge in [-0.25, -0.2) is 9.97 Å². The average Bonchev–Trinajstić information content (AvgIpc) is 2.72. The predicted molar refractivity (Wildman–Crippen MR) is 117 cm³/mol. The first kappa shape index (κ1) is 20.7. The van der Waals surface area contributed by atoms with Crippen LogP contribution in [-0.2, 0) is 4.79 Å². The third-order valence-electron chi connectivity index (χ3n) is 4.23. The Morgan fingerprint density at radius 3 is 2.34 bits per heavy atom. The van der Waals surface area contributed by atoms with E-state index >= 15 is 0 Å². The third kappa shape index (κ3) is 5.74. The number of rotatable bonds is 7. The van der Waals surface area contributed by atoms with E-state index in [9.17, 15) is 9.59 Å². The van der Waals surface area contributed by atoms with E-state index in [1.807, 2.05) is 57.2 Å². The van der Waals surface area contributed by atoms with E-state index in [0.717, 1.165) is 17.0 Å². The van der Waals surface area contributed by atoms with Crippen LogP contribution in [0.1, 0.15) is 29.9 Å². The fourth-order valence-electron chi connectivity index (χ4n) is 2.60. The number of thioether (sulfide) groups is 1. The molecule has 6 heteroatoms. The van der Waals surface area contributed by atoms with Crippen LogP contribution in [-0.4, -0.2) is 27.4 Å². The van der Waals surface area contributed by atoms with Gasteiger partial charge in [0.2, 0.25) is 5.91 Å². The largest absolute Gasteiger partial charge is 0.326 e. The van der Waals surface area contributed by atoms with Crippen LogP contribution in [0.4, 0.5) is 5.69 Å². The Bertz CT molecular complexity index is 1000. The van der Waals surface area contributed by atoms with Gasteiger partial charge in [-0.1, -0.05) is 55.9 Å². The number of amides is 1. The first-order valence-electron chi connectivity index (χ1n) is 9.40. The summed E-state index contributed by atoms with van der Waals surface area (Å²) in [4.78, 5) is 33.3. The summed E-state index contributed by atoms with van der Waals surface area (Å²) >= 11 is 1.32. The van der Waals surface area contributed by atoms with Gasteiger partial charge in [0.15, 0.2) is 10.9 Å². The summed E-state index contributed by atoms with van der Waals surface area (Å²) in [5.74, 6) is 0.0893. The molecule has 3 rings (SSSR count). The standard InChI is InChI=1S/C23H23N3O2S/c1-15(2)22(28)25-19-11-9-18(10-12-19)21(27)14-29-23-24-16(3)13-20(26-23)17-7-5-4-6-8-17/h4-13,15H,14H2,1-3H3,(H,25,28). The van der Waals surface area contributed by atoms with Gasteiger partial charge in [-0.2, -0.15) is 0 Å². The van der Waals surface area contributed by atoms with E-state index in [0.29, 0.717) is 16.4 Å². The monoisotopic (exact) mass is 405 g/mol. The van der Waals surface area contributed by atoms with Gasteiger partial charge in [0.25, 0.3) is 0 Å². The molecule has 0 aliphatic rings. The molecule has 3 aromatic rings. The molecular formula is C23H23N3O2S. The zero-order valence-corrected chi connectivity index (χ0v) is 17.5. The molecule has 29 heavy (non-hydrogen) atoms. The summed E-state index contributed by atoms with van der Waals surface area (Å²) in [6.07, 6.45) is 0. The van der Waals surface area contributed by atoms with Crippen molar-refractivity contribution in [2.24, 2.45) is 5.92 Å². The molecule has 1 heterocycles. The van der Waals surface area contributed by atoms with E-state index in [2.05, 4.69) is 15.3 Å². The molecule has 0 fully saturated rings. The number of ketones is 1. The van der Waals surface area contributed by atoms with E-state index in [1.165, 1.54) is 11.8 Å². The number of anilines is 1. The molecule has 0 radical (unpaired) electrons. The van der Waals surface area contributed by atoms with E-state index < -0.39 is 0 Å². The van der Waals surface area contributed by atoms with Crippen LogP contribution in [0, 0.1) is 12.8 Å². The van der Waals surface area contributed by atoms with Gasteiger partial charge in [-0.15, -0.1) is 0 Å². The molecule has 0 atom stereocenters. The molecule has 0 bridgehead atoms. The maximum Gasteiger partial charge on any atom is 0.226 e. The maximum atomic E-state index is 12.5. The normalized spacial score (nSPS) is 10.8. The molecule has 5 nitrogen and oxygen atoms in total. The zero-order chi connectivity index (χ0) is 20.8. The average molecular weight is 406 g/mol. The van der Waals surface area contributed by atoms with Crippen molar-refractivity contribution in [3.63, 3.8) is 0 Å². The van der Waals surface area contributed by atoms with Crippen LogP contribution in [0.25, 0.3) is 11.3 Å². The van der Waals surface area contributed by atoms with Crippen molar-refractivity contribution in [2.45, 2.75) is 25.9 Å². The van der Waals surface area contributed by atoms with E-state index in [-0.39, 0.29) is 23.4 Å². The number of hydrogen-bond donors (Lipinski definition) is 1. The van der Waals surface area contributed by atoms with Crippen molar-refractivity contribution in [3.8, 4) is 11.3 Å². The molecule has 0 spiro atoms. The molecule has 0 aliphatic heterocycles. The first-order valence-corrected chi connectivity index (χ1v) is 10.4. The van der Waals surface area contributed by atoms with Crippen molar-refractivity contribution < 1.29 is 9.59 Å². The zero-order valence-electron chi connectivity index (χ0n) is 16.7. The van der Waals surface area contributed by atoms with Crippen molar-refractivity contribution in [1.29, 1.82) is 0 Å². The van der Waals surface area contributed by atoms with Gasteiger partial charge in [-0.3, -0.25) is 9.59 Å². The Balaban J connectivity index is 1.65. The Morgan fingerprint density at radius 2 is 1.69 bits per heavy atom. The minimum Gasteiger partial charge on any atom is -0.326 e. The molecular weight excluding hydrogens is 382 g/mol. The van der Waals surface area contributed by atoms with E-state index in [1.54, 1.807) is 24.3 Å². The minimum atomic E-state index is -0.0946. The highest BCUT2D eigenvalue weighted by Gasteiger charge is 2.11. The van der Waals surface area contributed by atoms with Crippen molar-refractivity contribution >= 4 is 29.1 Å². The van der Waals surface area contributed by atoms with Gasteiger partial charge in [-0.05, 0) is 37.3 Å². The summed E-state index contributed by atoms with van der Waals surface area (Å²) in [6, 6.07) is 18.8. The van der Waals surface area contributed by atoms with Gasteiger partial charge in [0, 0.05) is 28.4 Å². The molecule has 1 N–H and O–H groups in total. The van der Waals surface area contributed by atoms with Crippen LogP contribution >= 0.6 is 11.8 Å². The van der Waals surface area contributed by atoms with Crippen molar-refractivity contribution in [2.75, 3.05) is 11.1 Å². The number of nitrogens with one attached hydrogen (secondary N) is 1. The number of aryl methyl sites for hydroxylation is 1. The lowest BCUT2D eigenvalue weighted by molar-refractivity contribution is -0.118. The molecule has 0 unspecified atom stereocenters. The predicted octanol–water partition coefficient (Wildman–Crippen LogP) is 5.02. The summed E-state index contributed by atoms with van der Waals surface area (Å²) in [6.45, 7) is 5.59. The number of nitrogens with zero attached hydrogens (tertiary/aromatic N) is 2. The Labute approximate surface area is 175 Å². The van der Waals surface area contributed by atoms with Crippen LogP contribution < -0.4 is 5.32 Å². The highest BCUT2D eigenvalue weighted by molar-refractivity contribution is 7.99. The second-order valence-electron chi connectivity index (χ2n) is 6.98. The molecule has 2 aromatic carbocycles. The summed E-state index contributed by atoms with van der Waals surface area (Å²) in [5, 5.41) is 3.40. The minimum absolute atomic E-state index is 0.0110. The number of carbonyl (C=O) groups excluding carboxylic acids is 2. The number of hydrogen-bond acceptors (Lipinski definition) is 5. The molecule has 1 amide bonds. The molecule has 1 aromatic heterocycles. The Morgan fingerprint density at radius 1 is 1.00 bits per heavy atom. The number of Topliss-reactive ketones (excluding diaryl/α,β-unsaturated/α-hetero) is 1. The van der Waals surface area contributed by atoms with Crippen LogP contribution in [0.5, 0.6) is 0 Å². The highest BCUT2D eigenvalue weighted by Crippen LogP contribution is 2.22. The maximum absolute atomic E-state index is 12.5. The van der Waals surface area contributed by atoms with Crippen molar-refractivity contribution in [1.82, 2.24) is 9.97 Å². The number of carbonyl (C=O) groups is 2. The summed E-state index contributed by atoms with van der Waals surface area (Å²) in [5.41, 5.74) is 4.00. The van der Waals surface area contributed by atoms with E-state index in [4.69, 9.17) is 0 Å². The number of benzene rings is 2. The topological polar surface area (TPSA) is 72.0 Å². The summed E-state index contributed by atoms with van der Waals surface area (Å²) in [7, 11) is 0. The SMILES string of the molecule is Cc1cc(-c2ccccc2)nc(SCC(=O)c2ccc(NC(=O)C(C)C)cc2)n1. The Kier molecular flexibility index (Phi) is 6.77. The lowest BCUT2D eigenvalue weighted by Crippen LogP contribution is -2.17. The fraction of sp³-hybridized carbons (Fsp3) is 0.217. The number of aromatic nitrogens is 2. The quantitative estimate of drug-likeness (QED) is 0.339. The molecule has 0 aliphatic carbocycles. The second kappa shape index (κ2) is 9.47. The summed E-state index contributed by atoms with van der Waals surface area (Å²) < 4.78 is 0. The molecule has 0 saturated carbocycles. The van der Waals surface area contributed by atoms with Crippen LogP contribution in [0.15, 0.2) is 65.8 Å². The van der Waals surface area contributed by atoms with Gasteiger partial charge in [0.1, 0.15) is 0 Å². The second-order valence-corrected chi connectivity index (χ2v) is 7.92. The smallest absolute Gasteiger partial charge is 0.226 e. The van der Waals surface area contributed by atoms with Gasteiger partial charge < -0.3 is 5.32 Å². The van der Waals surface area contributed by atoms with Gasteiger partial charge >= 0.3 is 0 Å². The third-order valence-corrected chi connectivity index (χ3v) is 5.08. The lowest BCUT2D eigenvalue weighted by atomic mass is 10.1. The molecule has 0 saturated heterocycles. The fourth-order valence-corrected chi connectivity index (χ4v) is 3.40. The van der Waals surface area contributed by atoms with Crippen LogP contribution in [0.2, 0.25) is 0 Å². The molecule has 148 valence electrons. The lowest BCUT2D eigenvalue weighted by Gasteiger charge is -2.08. The van der Waals surface area contributed by atoms with Crippen molar-refractivity contribution in [3.05, 3.63) is 71.9 Å². The van der Waals surface area contributed by atoms with Gasteiger partial charge in [0.05, 0.1) is 11.4 Å². The van der Waals surface area contributed by atoms with Crippen LogP contribution in [0.3, 0.4) is 0 Å². The first-order chi connectivity index (χ1) is 13.9. The highest BCUT2D eigenvalue weighted by atomic mass is 32.2. The Hall–Kier alpha value is -2.99.